The summed E-state index contributed by atoms with van der Waals surface area (Å²) in [7, 11) is 0. The molecule has 0 N–H and O–H groups in total. The van der Waals surface area contributed by atoms with Gasteiger partial charge in [0.15, 0.2) is 0 Å². The lowest BCUT2D eigenvalue weighted by Gasteiger charge is -2.35. The highest BCUT2D eigenvalue weighted by atomic mass is 79.9. The van der Waals surface area contributed by atoms with Crippen LogP contribution < -0.4 is 0 Å². The molecule has 2 nitrogen and oxygen atoms in total. The molecule has 3 atom stereocenters. The molecule has 1 saturated heterocycles. The zero-order valence-corrected chi connectivity index (χ0v) is 11.6. The zero-order chi connectivity index (χ0) is 11.4. The largest absolute Gasteiger partial charge is 0.342 e. The van der Waals surface area contributed by atoms with Gasteiger partial charge in [-0.1, -0.05) is 43.1 Å². The molecule has 0 spiro atoms. The molecule has 0 aromatic rings. The molecule has 0 aromatic carbocycles. The minimum atomic E-state index is 0.203. The number of halogens is 1. The Bertz CT molecular complexity index is 220. The summed E-state index contributed by atoms with van der Waals surface area (Å²) in [4.78, 5) is 14.7. The Labute approximate surface area is 102 Å². The average Bonchev–Trinajstić information content (AvgIpc) is 2.21. The monoisotopic (exact) mass is 275 g/mol. The standard InChI is InChI=1S/C12H22BrNO/c1-4-5-9(2)12(15)14-7-6-11(13)10(3)8-14/h9-11H,4-8H2,1-3H3. The fraction of sp³-hybridized carbons (Fsp3) is 0.917. The third-order valence-electron chi connectivity index (χ3n) is 3.26. The van der Waals surface area contributed by atoms with E-state index < -0.39 is 0 Å². The molecule has 0 radical (unpaired) electrons. The number of piperidine rings is 1. The third kappa shape index (κ3) is 3.47. The van der Waals surface area contributed by atoms with Crippen LogP contribution in [0.3, 0.4) is 0 Å². The molecule has 1 rings (SSSR count). The van der Waals surface area contributed by atoms with Crippen LogP contribution in [-0.4, -0.2) is 28.7 Å². The maximum Gasteiger partial charge on any atom is 0.225 e. The summed E-state index contributed by atoms with van der Waals surface area (Å²) in [5.74, 6) is 1.13. The SMILES string of the molecule is CCCC(C)C(=O)N1CCC(Br)C(C)C1. The molecular weight excluding hydrogens is 254 g/mol. The smallest absolute Gasteiger partial charge is 0.225 e. The molecule has 3 heteroatoms. The first kappa shape index (κ1) is 13.0. The number of alkyl halides is 1. The van der Waals surface area contributed by atoms with Crippen molar-refractivity contribution in [1.29, 1.82) is 0 Å². The summed E-state index contributed by atoms with van der Waals surface area (Å²) in [6.45, 7) is 8.24. The van der Waals surface area contributed by atoms with Crippen molar-refractivity contribution in [3.8, 4) is 0 Å². The van der Waals surface area contributed by atoms with Crippen molar-refractivity contribution in [2.45, 2.75) is 44.9 Å². The molecule has 1 aliphatic rings. The normalized spacial score (nSPS) is 28.9. The van der Waals surface area contributed by atoms with Gasteiger partial charge < -0.3 is 4.90 Å². The minimum absolute atomic E-state index is 0.203. The van der Waals surface area contributed by atoms with Crippen LogP contribution in [0.4, 0.5) is 0 Å². The maximum absolute atomic E-state index is 12.1. The fourth-order valence-electron chi connectivity index (χ4n) is 2.19. The predicted octanol–water partition coefficient (Wildman–Crippen LogP) is 3.05. The van der Waals surface area contributed by atoms with Gasteiger partial charge in [0.05, 0.1) is 0 Å². The first-order valence-corrected chi connectivity index (χ1v) is 6.90. The van der Waals surface area contributed by atoms with Crippen LogP contribution in [0.25, 0.3) is 0 Å². The molecule has 1 fully saturated rings. The third-order valence-corrected chi connectivity index (χ3v) is 4.62. The highest BCUT2D eigenvalue weighted by molar-refractivity contribution is 9.09. The van der Waals surface area contributed by atoms with E-state index in [1.165, 1.54) is 0 Å². The second kappa shape index (κ2) is 5.88. The van der Waals surface area contributed by atoms with Gasteiger partial charge in [0.25, 0.3) is 0 Å². The van der Waals surface area contributed by atoms with Gasteiger partial charge in [0, 0.05) is 23.8 Å². The van der Waals surface area contributed by atoms with Gasteiger partial charge >= 0.3 is 0 Å². The van der Waals surface area contributed by atoms with E-state index in [9.17, 15) is 4.79 Å². The Morgan fingerprint density at radius 3 is 2.80 bits per heavy atom. The van der Waals surface area contributed by atoms with Gasteiger partial charge in [-0.05, 0) is 18.8 Å². The van der Waals surface area contributed by atoms with Gasteiger partial charge in [-0.15, -0.1) is 0 Å². The van der Waals surface area contributed by atoms with Crippen molar-refractivity contribution in [2.24, 2.45) is 11.8 Å². The summed E-state index contributed by atoms with van der Waals surface area (Å²) in [5.41, 5.74) is 0. The van der Waals surface area contributed by atoms with Gasteiger partial charge in [-0.3, -0.25) is 4.79 Å². The summed E-state index contributed by atoms with van der Waals surface area (Å²) >= 11 is 3.66. The van der Waals surface area contributed by atoms with Crippen molar-refractivity contribution < 1.29 is 4.79 Å². The average molecular weight is 276 g/mol. The van der Waals surface area contributed by atoms with Crippen LogP contribution >= 0.6 is 15.9 Å². The minimum Gasteiger partial charge on any atom is -0.342 e. The molecule has 0 aromatic heterocycles. The lowest BCUT2D eigenvalue weighted by molar-refractivity contribution is -0.136. The van der Waals surface area contributed by atoms with Gasteiger partial charge in [-0.25, -0.2) is 0 Å². The highest BCUT2D eigenvalue weighted by Gasteiger charge is 2.28. The molecule has 1 amide bonds. The highest BCUT2D eigenvalue weighted by Crippen LogP contribution is 2.24. The number of amides is 1. The second-order valence-corrected chi connectivity index (χ2v) is 5.93. The van der Waals surface area contributed by atoms with Crippen LogP contribution in [0.2, 0.25) is 0 Å². The van der Waals surface area contributed by atoms with Gasteiger partial charge in [0.2, 0.25) is 5.91 Å². The molecule has 0 aliphatic carbocycles. The first-order valence-electron chi connectivity index (χ1n) is 5.99. The summed E-state index contributed by atoms with van der Waals surface area (Å²) in [6.07, 6.45) is 3.20. The molecule has 3 unspecified atom stereocenters. The number of hydrogen-bond acceptors (Lipinski definition) is 1. The van der Waals surface area contributed by atoms with Gasteiger partial charge in [0.1, 0.15) is 0 Å². The van der Waals surface area contributed by atoms with E-state index in [0.29, 0.717) is 16.7 Å². The first-order chi connectivity index (χ1) is 7.06. The summed E-state index contributed by atoms with van der Waals surface area (Å²) in [5, 5.41) is 0. The van der Waals surface area contributed by atoms with Crippen LogP contribution in [0.1, 0.15) is 40.0 Å². The Kier molecular flexibility index (Phi) is 5.10. The fourth-order valence-corrected chi connectivity index (χ4v) is 2.56. The Balaban J connectivity index is 2.47. The van der Waals surface area contributed by atoms with E-state index in [0.717, 1.165) is 32.4 Å². The number of hydrogen-bond donors (Lipinski definition) is 0. The van der Waals surface area contributed by atoms with E-state index in [2.05, 4.69) is 36.7 Å². The molecule has 1 heterocycles. The van der Waals surface area contributed by atoms with E-state index in [-0.39, 0.29) is 5.92 Å². The van der Waals surface area contributed by atoms with Gasteiger partial charge in [-0.2, -0.15) is 0 Å². The Hall–Kier alpha value is -0.0500. The Morgan fingerprint density at radius 2 is 2.27 bits per heavy atom. The summed E-state index contributed by atoms with van der Waals surface area (Å²) < 4.78 is 0. The van der Waals surface area contributed by atoms with Crippen molar-refractivity contribution in [3.05, 3.63) is 0 Å². The van der Waals surface area contributed by atoms with Crippen molar-refractivity contribution in [2.75, 3.05) is 13.1 Å². The maximum atomic E-state index is 12.1. The van der Waals surface area contributed by atoms with Crippen molar-refractivity contribution >= 4 is 21.8 Å². The number of carbonyl (C=O) groups excluding carboxylic acids is 1. The molecule has 0 bridgehead atoms. The number of likely N-dealkylation sites (tertiary alicyclic amines) is 1. The van der Waals surface area contributed by atoms with Crippen LogP contribution in [0.15, 0.2) is 0 Å². The van der Waals surface area contributed by atoms with Crippen LogP contribution in [0.5, 0.6) is 0 Å². The molecule has 88 valence electrons. The van der Waals surface area contributed by atoms with Crippen molar-refractivity contribution in [3.63, 3.8) is 0 Å². The topological polar surface area (TPSA) is 20.3 Å². The molecule has 0 saturated carbocycles. The van der Waals surface area contributed by atoms with Crippen molar-refractivity contribution in [1.82, 2.24) is 4.90 Å². The number of rotatable bonds is 3. The van der Waals surface area contributed by atoms with E-state index >= 15 is 0 Å². The number of nitrogens with zero attached hydrogens (tertiary/aromatic N) is 1. The summed E-state index contributed by atoms with van der Waals surface area (Å²) in [6, 6.07) is 0. The lowest BCUT2D eigenvalue weighted by Crippen LogP contribution is -2.45. The predicted molar refractivity (Wildman–Crippen MR) is 67.1 cm³/mol. The second-order valence-electron chi connectivity index (χ2n) is 4.76. The van der Waals surface area contributed by atoms with Crippen LogP contribution in [0, 0.1) is 11.8 Å². The quantitative estimate of drug-likeness (QED) is 0.725. The van der Waals surface area contributed by atoms with E-state index in [1.54, 1.807) is 0 Å². The van der Waals surface area contributed by atoms with Crippen LogP contribution in [-0.2, 0) is 4.79 Å². The Morgan fingerprint density at radius 1 is 1.60 bits per heavy atom. The lowest BCUT2D eigenvalue weighted by atomic mass is 9.97. The molecule has 1 aliphatic heterocycles. The molecular formula is C12H22BrNO. The molecule has 15 heavy (non-hydrogen) atoms. The zero-order valence-electron chi connectivity index (χ0n) is 10.0. The van der Waals surface area contributed by atoms with E-state index in [4.69, 9.17) is 0 Å². The number of carbonyl (C=O) groups is 1. The van der Waals surface area contributed by atoms with E-state index in [1.807, 2.05) is 4.90 Å².